The molecule has 0 aliphatic heterocycles. The first-order chi connectivity index (χ1) is 15.4. The second-order valence-corrected chi connectivity index (χ2v) is 9.97. The monoisotopic (exact) mass is 471 g/mol. The van der Waals surface area contributed by atoms with Gasteiger partial charge in [0.2, 0.25) is 0 Å². The van der Waals surface area contributed by atoms with Crippen LogP contribution >= 0.6 is 0 Å². The average Bonchev–Trinajstić information content (AvgIpc) is 2.77. The van der Waals surface area contributed by atoms with E-state index in [1.165, 1.54) is 70.3 Å². The van der Waals surface area contributed by atoms with E-state index in [1.54, 1.807) is 12.1 Å². The van der Waals surface area contributed by atoms with Crippen molar-refractivity contribution in [2.45, 2.75) is 109 Å². The summed E-state index contributed by atoms with van der Waals surface area (Å²) >= 11 is 0. The summed E-state index contributed by atoms with van der Waals surface area (Å²) in [5.41, 5.74) is 0.723. The van der Waals surface area contributed by atoms with Crippen LogP contribution in [-0.4, -0.2) is 49.2 Å². The summed E-state index contributed by atoms with van der Waals surface area (Å²) in [6.45, 7) is 10.1. The van der Waals surface area contributed by atoms with E-state index >= 15 is 0 Å². The average molecular weight is 472 g/mol. The predicted molar refractivity (Wildman–Crippen MR) is 136 cm³/mol. The zero-order valence-corrected chi connectivity index (χ0v) is 21.7. The maximum Gasteiger partial charge on any atom is 0.294 e. The number of hydrogen-bond donors (Lipinski definition) is 2. The Bertz CT molecular complexity index is 641. The van der Waals surface area contributed by atoms with Crippen molar-refractivity contribution in [3.05, 3.63) is 29.8 Å². The maximum absolute atomic E-state index is 11.2. The number of aliphatic hydroxyl groups is 1. The summed E-state index contributed by atoms with van der Waals surface area (Å²) in [4.78, 5) is 2.41. The Labute approximate surface area is 198 Å². The lowest BCUT2D eigenvalue weighted by Crippen LogP contribution is -2.28. The number of hydrogen-bond acceptors (Lipinski definition) is 4. The fourth-order valence-corrected chi connectivity index (χ4v) is 4.40. The third-order valence-electron chi connectivity index (χ3n) is 5.62. The molecule has 0 bridgehead atoms. The molecule has 0 atom stereocenters. The molecule has 0 saturated carbocycles. The van der Waals surface area contributed by atoms with E-state index < -0.39 is 10.1 Å². The van der Waals surface area contributed by atoms with Gasteiger partial charge in [-0.25, -0.2) is 0 Å². The van der Waals surface area contributed by atoms with Gasteiger partial charge in [-0.2, -0.15) is 8.42 Å². The van der Waals surface area contributed by atoms with Gasteiger partial charge in [0.1, 0.15) is 0 Å². The molecule has 0 aromatic heterocycles. The lowest BCUT2D eigenvalue weighted by molar-refractivity contribution is 0.192. The summed E-state index contributed by atoms with van der Waals surface area (Å²) in [6, 6.07) is 6.70. The largest absolute Gasteiger partial charge is 0.395 e. The van der Waals surface area contributed by atoms with Gasteiger partial charge in [-0.1, -0.05) is 96.8 Å². The van der Waals surface area contributed by atoms with Gasteiger partial charge in [-0.15, -0.1) is 0 Å². The van der Waals surface area contributed by atoms with E-state index in [-0.39, 0.29) is 4.90 Å². The summed E-state index contributed by atoms with van der Waals surface area (Å²) in [5, 5.41) is 8.79. The van der Waals surface area contributed by atoms with Crippen molar-refractivity contribution < 1.29 is 18.1 Å². The van der Waals surface area contributed by atoms with Gasteiger partial charge in [0.25, 0.3) is 10.1 Å². The van der Waals surface area contributed by atoms with Gasteiger partial charge in [-0.3, -0.25) is 4.55 Å². The molecule has 32 heavy (non-hydrogen) atoms. The second kappa shape index (κ2) is 20.6. The Kier molecular flexibility index (Phi) is 20.0. The number of aliphatic hydroxyl groups excluding tert-OH is 1. The van der Waals surface area contributed by atoms with Gasteiger partial charge in [0, 0.05) is 6.54 Å². The van der Waals surface area contributed by atoms with E-state index in [0.717, 1.165) is 38.0 Å². The molecule has 5 nitrogen and oxygen atoms in total. The van der Waals surface area contributed by atoms with Gasteiger partial charge in [0.15, 0.2) is 0 Å². The van der Waals surface area contributed by atoms with Crippen LogP contribution in [0.25, 0.3) is 0 Å². The lowest BCUT2D eigenvalue weighted by atomic mass is 10.0. The number of nitrogens with zero attached hydrogens (tertiary/aromatic N) is 1. The van der Waals surface area contributed by atoms with Gasteiger partial charge in [-0.05, 0) is 50.4 Å². The number of rotatable bonds is 18. The third kappa shape index (κ3) is 16.7. The molecule has 0 aliphatic rings. The van der Waals surface area contributed by atoms with Crippen molar-refractivity contribution in [3.63, 3.8) is 0 Å². The van der Waals surface area contributed by atoms with Crippen LogP contribution in [0.4, 0.5) is 0 Å². The molecule has 0 aliphatic carbocycles. The van der Waals surface area contributed by atoms with Crippen LogP contribution in [0.1, 0.15) is 103 Å². The highest BCUT2D eigenvalue weighted by Gasteiger charge is 2.13. The first-order valence-corrected chi connectivity index (χ1v) is 14.2. The van der Waals surface area contributed by atoms with Crippen LogP contribution in [0.5, 0.6) is 0 Å². The van der Waals surface area contributed by atoms with Crippen molar-refractivity contribution in [3.8, 4) is 0 Å². The lowest BCUT2D eigenvalue weighted by Gasteiger charge is -2.20. The van der Waals surface area contributed by atoms with Crippen molar-refractivity contribution >= 4 is 10.1 Å². The van der Waals surface area contributed by atoms with E-state index in [4.69, 9.17) is 9.66 Å². The zero-order valence-electron chi connectivity index (χ0n) is 20.9. The van der Waals surface area contributed by atoms with Crippen molar-refractivity contribution in [2.75, 3.05) is 26.2 Å². The molecule has 0 spiro atoms. The Morgan fingerprint density at radius 3 is 1.72 bits per heavy atom. The summed E-state index contributed by atoms with van der Waals surface area (Å²) in [5.74, 6) is 0. The molecule has 1 aromatic rings. The first-order valence-electron chi connectivity index (χ1n) is 12.8. The van der Waals surface area contributed by atoms with Crippen LogP contribution in [0.2, 0.25) is 0 Å². The maximum atomic E-state index is 11.2. The predicted octanol–water partition coefficient (Wildman–Crippen LogP) is 6.50. The minimum atomic E-state index is -4.09. The minimum Gasteiger partial charge on any atom is -0.395 e. The molecule has 0 amide bonds. The summed E-state index contributed by atoms with van der Waals surface area (Å²) in [6.07, 6.45) is 15.5. The molecular weight excluding hydrogens is 422 g/mol. The summed E-state index contributed by atoms with van der Waals surface area (Å²) in [7, 11) is -4.09. The zero-order chi connectivity index (χ0) is 24.1. The molecule has 0 unspecified atom stereocenters. The van der Waals surface area contributed by atoms with Crippen molar-refractivity contribution in [2.24, 2.45) is 0 Å². The van der Waals surface area contributed by atoms with Crippen LogP contribution in [0, 0.1) is 0 Å². The molecule has 0 heterocycles. The second-order valence-electron chi connectivity index (χ2n) is 8.58. The van der Waals surface area contributed by atoms with E-state index in [0.29, 0.717) is 13.0 Å². The first kappa shape index (κ1) is 31.0. The molecule has 0 fully saturated rings. The Balaban J connectivity index is 0.000000687. The third-order valence-corrected chi connectivity index (χ3v) is 6.58. The Morgan fingerprint density at radius 2 is 1.22 bits per heavy atom. The molecule has 1 rings (SSSR count). The molecule has 188 valence electrons. The highest BCUT2D eigenvalue weighted by molar-refractivity contribution is 7.85. The summed E-state index contributed by atoms with van der Waals surface area (Å²) < 4.78 is 31.7. The SMILES string of the molecule is CCCCCCCCCCc1ccccc1S(=O)(=O)O.CCCCN(CCO)CCCC. The van der Waals surface area contributed by atoms with Crippen LogP contribution in [0.3, 0.4) is 0 Å². The normalized spacial score (nSPS) is 11.4. The van der Waals surface area contributed by atoms with Gasteiger partial charge in [0.05, 0.1) is 11.5 Å². The van der Waals surface area contributed by atoms with Crippen molar-refractivity contribution in [1.82, 2.24) is 4.90 Å². The van der Waals surface area contributed by atoms with E-state index in [2.05, 4.69) is 25.7 Å². The van der Waals surface area contributed by atoms with Gasteiger partial charge >= 0.3 is 0 Å². The van der Waals surface area contributed by atoms with Crippen molar-refractivity contribution in [1.29, 1.82) is 0 Å². The number of unbranched alkanes of at least 4 members (excludes halogenated alkanes) is 9. The van der Waals surface area contributed by atoms with Crippen LogP contribution in [-0.2, 0) is 16.5 Å². The van der Waals surface area contributed by atoms with Crippen LogP contribution < -0.4 is 0 Å². The quantitative estimate of drug-likeness (QED) is 0.189. The minimum absolute atomic E-state index is 0.0583. The Morgan fingerprint density at radius 1 is 0.719 bits per heavy atom. The molecule has 1 aromatic carbocycles. The molecule has 0 radical (unpaired) electrons. The molecular formula is C26H49NO4S. The topological polar surface area (TPSA) is 77.8 Å². The fourth-order valence-electron chi connectivity index (χ4n) is 3.65. The van der Waals surface area contributed by atoms with E-state index in [9.17, 15) is 8.42 Å². The van der Waals surface area contributed by atoms with Crippen LogP contribution in [0.15, 0.2) is 29.2 Å². The Hall–Kier alpha value is -0.950. The highest BCUT2D eigenvalue weighted by atomic mass is 32.2. The highest BCUT2D eigenvalue weighted by Crippen LogP contribution is 2.18. The standard InChI is InChI=1S/C16H26O3S.C10H23NO/c1-2-3-4-5-6-7-8-9-12-15-13-10-11-14-16(15)20(17,18)19;1-3-5-7-11(9-10-12)8-6-4-2/h10-11,13-14H,2-9,12H2,1H3,(H,17,18,19);12H,3-10H2,1-2H3. The molecule has 6 heteroatoms. The van der Waals surface area contributed by atoms with Gasteiger partial charge < -0.3 is 10.0 Å². The molecule has 2 N–H and O–H groups in total. The van der Waals surface area contributed by atoms with E-state index in [1.807, 2.05) is 6.07 Å². The number of benzene rings is 1. The smallest absolute Gasteiger partial charge is 0.294 e. The number of aryl methyl sites for hydroxylation is 1. The molecule has 0 saturated heterocycles. The fraction of sp³-hybridized carbons (Fsp3) is 0.769.